The van der Waals surface area contributed by atoms with E-state index in [0.717, 1.165) is 0 Å². The van der Waals surface area contributed by atoms with Crippen molar-refractivity contribution in [2.75, 3.05) is 0 Å². The molecule has 0 heterocycles. The summed E-state index contributed by atoms with van der Waals surface area (Å²) in [6.45, 7) is 27.7. The van der Waals surface area contributed by atoms with Crippen LogP contribution in [0, 0.1) is 10.8 Å². The minimum atomic E-state index is -0.847. The molecule has 0 rings (SSSR count). The predicted molar refractivity (Wildman–Crippen MR) is 117 cm³/mol. The van der Waals surface area contributed by atoms with Crippen molar-refractivity contribution in [3.8, 4) is 0 Å². The van der Waals surface area contributed by atoms with Gasteiger partial charge in [0, 0.05) is 12.4 Å². The monoisotopic (exact) mass is 426 g/mol. The first-order chi connectivity index (χ1) is 10.9. The number of hydrogen-bond donors (Lipinski definition) is 2. The molecule has 0 spiro atoms. The van der Waals surface area contributed by atoms with Gasteiger partial charge in [0.1, 0.15) is 11.2 Å². The SMILES string of the molecule is CC(C)(C)N=CC(C)(O)C(C)(C)C.CC(C)(C)N=CC(C)(O)C(C)(C)C.[Fe+2]. The molecule has 0 aromatic heterocycles. The zero-order valence-electron chi connectivity index (χ0n) is 20.3. The van der Waals surface area contributed by atoms with Crippen LogP contribution >= 0.6 is 0 Å². The van der Waals surface area contributed by atoms with Crippen molar-refractivity contribution in [1.29, 1.82) is 0 Å². The molecule has 2 unspecified atom stereocenters. The van der Waals surface area contributed by atoms with Gasteiger partial charge in [0.15, 0.2) is 0 Å². The van der Waals surface area contributed by atoms with Gasteiger partial charge in [-0.3, -0.25) is 9.98 Å². The fraction of sp³-hybridized carbons (Fsp3) is 0.909. The Kier molecular flexibility index (Phi) is 11.7. The summed E-state index contributed by atoms with van der Waals surface area (Å²) in [7, 11) is 0. The van der Waals surface area contributed by atoms with Crippen LogP contribution in [0.5, 0.6) is 0 Å². The Bertz CT molecular complexity index is 434. The summed E-state index contributed by atoms with van der Waals surface area (Å²) in [5.74, 6) is 0. The number of aliphatic hydroxyl groups is 2. The molecule has 0 bridgehead atoms. The molecule has 0 saturated carbocycles. The van der Waals surface area contributed by atoms with Crippen LogP contribution < -0.4 is 0 Å². The normalized spacial score (nSPS) is 18.4. The molecule has 2 atom stereocenters. The number of hydrogen-bond acceptors (Lipinski definition) is 4. The zero-order valence-corrected chi connectivity index (χ0v) is 21.4. The predicted octanol–water partition coefficient (Wildman–Crippen LogP) is 5.30. The molecule has 0 radical (unpaired) electrons. The minimum Gasteiger partial charge on any atom is -0.384 e. The molecular weight excluding hydrogens is 380 g/mol. The summed E-state index contributed by atoms with van der Waals surface area (Å²) in [4.78, 5) is 8.64. The van der Waals surface area contributed by atoms with E-state index in [0.29, 0.717) is 0 Å². The van der Waals surface area contributed by atoms with E-state index in [9.17, 15) is 10.2 Å². The van der Waals surface area contributed by atoms with E-state index < -0.39 is 11.2 Å². The van der Waals surface area contributed by atoms with Crippen LogP contribution in [-0.4, -0.2) is 44.9 Å². The van der Waals surface area contributed by atoms with Gasteiger partial charge >= 0.3 is 17.1 Å². The maximum Gasteiger partial charge on any atom is 2.00 e. The Hall–Kier alpha value is -0.221. The summed E-state index contributed by atoms with van der Waals surface area (Å²) in [5, 5.41) is 20.1. The molecule has 0 aliphatic heterocycles. The van der Waals surface area contributed by atoms with Gasteiger partial charge < -0.3 is 10.2 Å². The molecule has 0 fully saturated rings. The first-order valence-corrected chi connectivity index (χ1v) is 9.49. The van der Waals surface area contributed by atoms with Crippen molar-refractivity contribution in [2.45, 2.75) is 119 Å². The van der Waals surface area contributed by atoms with E-state index in [4.69, 9.17) is 0 Å². The third-order valence-corrected chi connectivity index (χ3v) is 4.44. The van der Waals surface area contributed by atoms with Crippen LogP contribution in [0.25, 0.3) is 0 Å². The largest absolute Gasteiger partial charge is 2.00 e. The van der Waals surface area contributed by atoms with Crippen molar-refractivity contribution < 1.29 is 27.3 Å². The van der Waals surface area contributed by atoms with Crippen LogP contribution in [0.15, 0.2) is 9.98 Å². The van der Waals surface area contributed by atoms with Gasteiger partial charge in [0.2, 0.25) is 0 Å². The van der Waals surface area contributed by atoms with Crippen LogP contribution in [0.1, 0.15) is 96.9 Å². The molecule has 0 aromatic carbocycles. The molecule has 0 amide bonds. The number of nitrogens with zero attached hydrogens (tertiary/aromatic N) is 2. The molecule has 0 aliphatic carbocycles. The second-order valence-corrected chi connectivity index (χ2v) is 11.7. The molecule has 5 heteroatoms. The topological polar surface area (TPSA) is 65.2 Å². The molecule has 0 aromatic rings. The summed E-state index contributed by atoms with van der Waals surface area (Å²) < 4.78 is 0. The van der Waals surface area contributed by atoms with E-state index in [2.05, 4.69) is 9.98 Å². The second kappa shape index (κ2) is 10.0. The van der Waals surface area contributed by atoms with Gasteiger partial charge in [-0.15, -0.1) is 0 Å². The summed E-state index contributed by atoms with van der Waals surface area (Å²) in [6, 6.07) is 0. The van der Waals surface area contributed by atoms with Crippen molar-refractivity contribution in [1.82, 2.24) is 0 Å². The van der Waals surface area contributed by atoms with E-state index in [1.54, 1.807) is 26.3 Å². The van der Waals surface area contributed by atoms with Gasteiger partial charge in [-0.05, 0) is 66.2 Å². The Morgan fingerprint density at radius 3 is 0.778 bits per heavy atom. The fourth-order valence-electron chi connectivity index (χ4n) is 1.03. The molecule has 2 N–H and O–H groups in total. The van der Waals surface area contributed by atoms with E-state index in [1.165, 1.54) is 0 Å². The maximum atomic E-state index is 10.1. The van der Waals surface area contributed by atoms with Gasteiger partial charge in [0.05, 0.1) is 11.1 Å². The molecule has 4 nitrogen and oxygen atoms in total. The van der Waals surface area contributed by atoms with Gasteiger partial charge in [-0.25, -0.2) is 0 Å². The van der Waals surface area contributed by atoms with Crippen LogP contribution in [0.4, 0.5) is 0 Å². The molecule has 0 saturated heterocycles. The standard InChI is InChI=1S/2C11H23NO.Fe/c2*1-9(2,3)11(7,13)8-12-10(4,5)6;/h2*8,13H,1-7H3;/q;;+2. The third kappa shape index (κ3) is 14.4. The average Bonchev–Trinajstić information content (AvgIpc) is 2.31. The van der Waals surface area contributed by atoms with Crippen molar-refractivity contribution in [2.24, 2.45) is 20.8 Å². The molecule has 0 aliphatic rings. The smallest absolute Gasteiger partial charge is 0.384 e. The molecule has 27 heavy (non-hydrogen) atoms. The number of rotatable bonds is 2. The van der Waals surface area contributed by atoms with Crippen LogP contribution in [0.2, 0.25) is 0 Å². The van der Waals surface area contributed by atoms with Crippen molar-refractivity contribution in [3.63, 3.8) is 0 Å². The van der Waals surface area contributed by atoms with E-state index in [-0.39, 0.29) is 39.0 Å². The van der Waals surface area contributed by atoms with Gasteiger partial charge in [0.25, 0.3) is 0 Å². The van der Waals surface area contributed by atoms with Gasteiger partial charge in [-0.2, -0.15) is 0 Å². The van der Waals surface area contributed by atoms with Crippen molar-refractivity contribution >= 4 is 12.4 Å². The minimum absolute atomic E-state index is 0. The average molecular weight is 426 g/mol. The maximum absolute atomic E-state index is 10.1. The zero-order chi connectivity index (χ0) is 21.8. The fourth-order valence-corrected chi connectivity index (χ4v) is 1.03. The Morgan fingerprint density at radius 1 is 0.481 bits per heavy atom. The first-order valence-electron chi connectivity index (χ1n) is 9.49. The van der Waals surface area contributed by atoms with E-state index >= 15 is 0 Å². The van der Waals surface area contributed by atoms with Crippen LogP contribution in [0.3, 0.4) is 0 Å². The van der Waals surface area contributed by atoms with Crippen molar-refractivity contribution in [3.05, 3.63) is 0 Å². The number of aliphatic imine (C=N–C) groups is 2. The summed E-state index contributed by atoms with van der Waals surface area (Å²) >= 11 is 0. The third-order valence-electron chi connectivity index (χ3n) is 4.44. The first kappa shape index (κ1) is 31.5. The summed E-state index contributed by atoms with van der Waals surface area (Å²) in [6.07, 6.45) is 3.32. The molecule has 162 valence electrons. The summed E-state index contributed by atoms with van der Waals surface area (Å²) in [5.41, 5.74) is -2.28. The van der Waals surface area contributed by atoms with Crippen LogP contribution in [-0.2, 0) is 17.1 Å². The molecular formula is C22H46FeN2O2+2. The Labute approximate surface area is 179 Å². The van der Waals surface area contributed by atoms with E-state index in [1.807, 2.05) is 83.1 Å². The quantitative estimate of drug-likeness (QED) is 0.465. The Morgan fingerprint density at radius 2 is 0.667 bits per heavy atom. The Balaban J connectivity index is -0.000000411. The van der Waals surface area contributed by atoms with Gasteiger partial charge in [-0.1, -0.05) is 41.5 Å². The second-order valence-electron chi connectivity index (χ2n) is 11.7.